The van der Waals surface area contributed by atoms with E-state index < -0.39 is 0 Å². The number of nitrogens with one attached hydrogen (secondary N) is 1. The number of H-pyrrole nitrogens is 1. The van der Waals surface area contributed by atoms with Crippen LogP contribution in [0.4, 0.5) is 0 Å². The van der Waals surface area contributed by atoms with Crippen molar-refractivity contribution in [3.05, 3.63) is 59.7 Å². The van der Waals surface area contributed by atoms with Gasteiger partial charge in [-0.25, -0.2) is 0 Å². The van der Waals surface area contributed by atoms with E-state index in [0.717, 1.165) is 35.6 Å². The Morgan fingerprint density at radius 2 is 2.11 bits per heavy atom. The fraction of sp³-hybridized carbons (Fsp3) is 0.455. The Kier molecular flexibility index (Phi) is 5.11. The van der Waals surface area contributed by atoms with E-state index in [1.807, 2.05) is 25.1 Å². The van der Waals surface area contributed by atoms with Gasteiger partial charge < -0.3 is 4.90 Å². The normalized spacial score (nSPS) is 20.2. The summed E-state index contributed by atoms with van der Waals surface area (Å²) in [7, 11) is 0. The summed E-state index contributed by atoms with van der Waals surface area (Å²) in [5.74, 6) is 0.750. The molecule has 0 aromatic carbocycles. The summed E-state index contributed by atoms with van der Waals surface area (Å²) in [6, 6.07) is 6.01. The van der Waals surface area contributed by atoms with Crippen molar-refractivity contribution in [2.24, 2.45) is 0 Å². The Morgan fingerprint density at radius 1 is 1.29 bits per heavy atom. The van der Waals surface area contributed by atoms with Crippen molar-refractivity contribution in [2.75, 3.05) is 13.1 Å². The number of rotatable bonds is 7. The first-order valence-electron chi connectivity index (χ1n) is 9.99. The molecule has 4 rings (SSSR count). The van der Waals surface area contributed by atoms with Crippen LogP contribution in [0, 0.1) is 0 Å². The maximum Gasteiger partial charge on any atom is 0.245 e. The third kappa shape index (κ3) is 3.91. The van der Waals surface area contributed by atoms with Crippen molar-refractivity contribution in [1.29, 1.82) is 0 Å². The smallest absolute Gasteiger partial charge is 0.245 e. The summed E-state index contributed by atoms with van der Waals surface area (Å²) in [4.78, 5) is 30.8. The van der Waals surface area contributed by atoms with E-state index in [-0.39, 0.29) is 23.5 Å². The molecular formula is C22H26N4O2. The van der Waals surface area contributed by atoms with Gasteiger partial charge in [-0.2, -0.15) is 5.10 Å². The number of ketones is 1. The molecule has 2 aromatic heterocycles. The second-order valence-electron chi connectivity index (χ2n) is 7.95. The van der Waals surface area contributed by atoms with E-state index in [2.05, 4.69) is 21.8 Å². The Balaban J connectivity index is 1.36. The first kappa shape index (κ1) is 18.6. The SMILES string of the molecule is C=CC(=O)N1CCC(c2ccc(C(C)C(=O)Cc3cc(C4CC4)n[nH]3)cn2)C1. The van der Waals surface area contributed by atoms with Gasteiger partial charge in [-0.05, 0) is 43.0 Å². The van der Waals surface area contributed by atoms with Gasteiger partial charge in [0.1, 0.15) is 5.78 Å². The number of aromatic amines is 1. The zero-order chi connectivity index (χ0) is 19.7. The van der Waals surface area contributed by atoms with Crippen molar-refractivity contribution >= 4 is 11.7 Å². The van der Waals surface area contributed by atoms with E-state index in [1.165, 1.54) is 18.9 Å². The number of Topliss-reactive ketones (excluding diaryl/α,β-unsaturated/α-hetero) is 1. The van der Waals surface area contributed by atoms with Gasteiger partial charge in [0.15, 0.2) is 0 Å². The van der Waals surface area contributed by atoms with Gasteiger partial charge in [-0.15, -0.1) is 0 Å². The van der Waals surface area contributed by atoms with Crippen LogP contribution in [0.2, 0.25) is 0 Å². The first-order chi connectivity index (χ1) is 13.5. The lowest BCUT2D eigenvalue weighted by atomic mass is 9.94. The predicted octanol–water partition coefficient (Wildman–Crippen LogP) is 3.10. The molecular weight excluding hydrogens is 352 g/mol. The van der Waals surface area contributed by atoms with E-state index >= 15 is 0 Å². The Labute approximate surface area is 165 Å². The highest BCUT2D eigenvalue weighted by molar-refractivity contribution is 5.87. The zero-order valence-electron chi connectivity index (χ0n) is 16.2. The highest BCUT2D eigenvalue weighted by Crippen LogP contribution is 2.39. The minimum atomic E-state index is -0.211. The Bertz CT molecular complexity index is 882. The van der Waals surface area contributed by atoms with Gasteiger partial charge in [-0.3, -0.25) is 19.7 Å². The molecule has 2 aromatic rings. The highest BCUT2D eigenvalue weighted by Gasteiger charge is 2.28. The topological polar surface area (TPSA) is 79.0 Å². The lowest BCUT2D eigenvalue weighted by Gasteiger charge is -2.15. The third-order valence-electron chi connectivity index (χ3n) is 5.90. The molecule has 0 bridgehead atoms. The lowest BCUT2D eigenvalue weighted by Crippen LogP contribution is -2.26. The molecule has 2 atom stereocenters. The number of carbonyl (C=O) groups is 2. The van der Waals surface area contributed by atoms with E-state index in [4.69, 9.17) is 0 Å². The van der Waals surface area contributed by atoms with Crippen LogP contribution in [0.1, 0.15) is 66.6 Å². The minimum absolute atomic E-state index is 0.0259. The molecule has 1 saturated carbocycles. The molecule has 1 aliphatic heterocycles. The summed E-state index contributed by atoms with van der Waals surface area (Å²) in [6.07, 6.45) is 6.84. The first-order valence-corrected chi connectivity index (χ1v) is 9.99. The van der Waals surface area contributed by atoms with Gasteiger partial charge in [0.05, 0.1) is 5.69 Å². The zero-order valence-corrected chi connectivity index (χ0v) is 16.2. The molecule has 1 amide bonds. The van der Waals surface area contributed by atoms with Crippen molar-refractivity contribution in [1.82, 2.24) is 20.1 Å². The maximum atomic E-state index is 12.7. The van der Waals surface area contributed by atoms with Gasteiger partial charge in [0.25, 0.3) is 0 Å². The molecule has 2 fully saturated rings. The van der Waals surface area contributed by atoms with Crippen LogP contribution in [0.25, 0.3) is 0 Å². The number of carbonyl (C=O) groups excluding carboxylic acids is 2. The summed E-state index contributed by atoms with van der Waals surface area (Å²) >= 11 is 0. The van der Waals surface area contributed by atoms with Crippen LogP contribution >= 0.6 is 0 Å². The number of pyridine rings is 1. The monoisotopic (exact) mass is 378 g/mol. The summed E-state index contributed by atoms with van der Waals surface area (Å²) in [6.45, 7) is 6.89. The molecule has 1 N–H and O–H groups in total. The quantitative estimate of drug-likeness (QED) is 0.751. The lowest BCUT2D eigenvalue weighted by molar-refractivity contribution is -0.125. The highest BCUT2D eigenvalue weighted by atomic mass is 16.2. The molecule has 6 heteroatoms. The molecule has 3 heterocycles. The van der Waals surface area contributed by atoms with Gasteiger partial charge in [0, 0.05) is 54.8 Å². The average molecular weight is 378 g/mol. The molecule has 0 radical (unpaired) electrons. The molecule has 28 heavy (non-hydrogen) atoms. The number of amides is 1. The number of aromatic nitrogens is 3. The van der Waals surface area contributed by atoms with Gasteiger partial charge in [0.2, 0.25) is 5.91 Å². The second-order valence-corrected chi connectivity index (χ2v) is 7.95. The average Bonchev–Trinajstić information content (AvgIpc) is 3.26. The van der Waals surface area contributed by atoms with Crippen LogP contribution in [-0.4, -0.2) is 44.9 Å². The number of hydrogen-bond donors (Lipinski definition) is 1. The molecule has 146 valence electrons. The van der Waals surface area contributed by atoms with Crippen LogP contribution in [-0.2, 0) is 16.0 Å². The summed E-state index contributed by atoms with van der Waals surface area (Å²) < 4.78 is 0. The molecule has 2 unspecified atom stereocenters. The standard InChI is InChI=1S/C22H26N4O2/c1-3-22(28)26-9-8-17(13-26)19-7-6-16(12-23-19)14(2)21(27)11-18-10-20(25-24-18)15-4-5-15/h3,6-7,10,12,14-15,17H,1,4-5,8-9,11,13H2,2H3,(H,24,25). The van der Waals surface area contributed by atoms with Gasteiger partial charge in [-0.1, -0.05) is 19.6 Å². The number of hydrogen-bond acceptors (Lipinski definition) is 4. The third-order valence-corrected chi connectivity index (χ3v) is 5.90. The molecule has 6 nitrogen and oxygen atoms in total. The fourth-order valence-corrected chi connectivity index (χ4v) is 3.83. The van der Waals surface area contributed by atoms with E-state index in [0.29, 0.717) is 18.9 Å². The van der Waals surface area contributed by atoms with Crippen molar-refractivity contribution in [2.45, 2.75) is 50.4 Å². The van der Waals surface area contributed by atoms with Gasteiger partial charge >= 0.3 is 0 Å². The minimum Gasteiger partial charge on any atom is -0.338 e. The van der Waals surface area contributed by atoms with Crippen molar-refractivity contribution in [3.8, 4) is 0 Å². The predicted molar refractivity (Wildman–Crippen MR) is 106 cm³/mol. The molecule has 1 saturated heterocycles. The summed E-state index contributed by atoms with van der Waals surface area (Å²) in [5.41, 5.74) is 3.88. The van der Waals surface area contributed by atoms with E-state index in [1.54, 1.807) is 11.1 Å². The maximum absolute atomic E-state index is 12.7. The molecule has 2 aliphatic rings. The van der Waals surface area contributed by atoms with Crippen LogP contribution < -0.4 is 0 Å². The largest absolute Gasteiger partial charge is 0.338 e. The Hall–Kier alpha value is -2.76. The van der Waals surface area contributed by atoms with E-state index in [9.17, 15) is 9.59 Å². The molecule has 0 spiro atoms. The van der Waals surface area contributed by atoms with Crippen LogP contribution in [0.15, 0.2) is 37.1 Å². The fourth-order valence-electron chi connectivity index (χ4n) is 3.83. The van der Waals surface area contributed by atoms with Crippen LogP contribution in [0.3, 0.4) is 0 Å². The Morgan fingerprint density at radius 3 is 2.79 bits per heavy atom. The van der Waals surface area contributed by atoms with Crippen LogP contribution in [0.5, 0.6) is 0 Å². The summed E-state index contributed by atoms with van der Waals surface area (Å²) in [5, 5.41) is 7.32. The molecule has 1 aliphatic carbocycles. The van der Waals surface area contributed by atoms with Crippen molar-refractivity contribution in [3.63, 3.8) is 0 Å². The number of nitrogens with zero attached hydrogens (tertiary/aromatic N) is 3. The second kappa shape index (κ2) is 7.70. The van der Waals surface area contributed by atoms with Crippen molar-refractivity contribution < 1.29 is 9.59 Å². The number of likely N-dealkylation sites (tertiary alicyclic amines) is 1.